The van der Waals surface area contributed by atoms with Gasteiger partial charge in [0.25, 0.3) is 0 Å². The average Bonchev–Trinajstić information content (AvgIpc) is 2.85. The largest absolute Gasteiger partial charge is 0.497 e. The van der Waals surface area contributed by atoms with Crippen LogP contribution in [-0.4, -0.2) is 57.6 Å². The van der Waals surface area contributed by atoms with Gasteiger partial charge in [-0.3, -0.25) is 13.9 Å². The summed E-state index contributed by atoms with van der Waals surface area (Å²) in [5.74, 6) is -0.653. The van der Waals surface area contributed by atoms with Crippen LogP contribution in [0.15, 0.2) is 42.5 Å². The predicted octanol–water partition coefficient (Wildman–Crippen LogP) is 4.47. The standard InChI is InChI=1S/C25H31ClF3N3O5S/c1-5-13-30-24(34)21(6-2)31(15-17-7-10-19(37-3)11-8-17)23(33)16-32(38(4,35)36)22-14-18(25(27,28)29)9-12-20(22)26/h7-12,14,21H,5-6,13,15-16H2,1-4H3,(H,30,34). The zero-order chi connectivity index (χ0) is 28.7. The lowest BCUT2D eigenvalue weighted by Crippen LogP contribution is -2.52. The van der Waals surface area contributed by atoms with Crippen molar-refractivity contribution in [2.24, 2.45) is 0 Å². The highest BCUT2D eigenvalue weighted by Crippen LogP contribution is 2.36. The first-order valence-corrected chi connectivity index (χ1v) is 14.0. The second kappa shape index (κ2) is 13.2. The van der Waals surface area contributed by atoms with Gasteiger partial charge in [0.15, 0.2) is 0 Å². The maximum Gasteiger partial charge on any atom is 0.416 e. The maximum absolute atomic E-state index is 13.6. The van der Waals surface area contributed by atoms with Crippen molar-refractivity contribution in [1.82, 2.24) is 10.2 Å². The Morgan fingerprint density at radius 2 is 1.74 bits per heavy atom. The van der Waals surface area contributed by atoms with Crippen LogP contribution in [0, 0.1) is 0 Å². The van der Waals surface area contributed by atoms with Crippen LogP contribution in [0.25, 0.3) is 0 Å². The molecular formula is C25H31ClF3N3O5S. The summed E-state index contributed by atoms with van der Waals surface area (Å²) >= 11 is 6.09. The number of nitrogens with zero attached hydrogens (tertiary/aromatic N) is 2. The average molecular weight is 578 g/mol. The molecule has 0 aliphatic carbocycles. The number of benzene rings is 2. The van der Waals surface area contributed by atoms with Crippen LogP contribution in [0.2, 0.25) is 5.02 Å². The molecule has 0 heterocycles. The normalized spacial score (nSPS) is 12.5. The third kappa shape index (κ3) is 8.26. The molecule has 0 saturated carbocycles. The molecule has 2 aromatic rings. The summed E-state index contributed by atoms with van der Waals surface area (Å²) in [4.78, 5) is 27.8. The molecule has 0 aliphatic heterocycles. The summed E-state index contributed by atoms with van der Waals surface area (Å²) < 4.78 is 71.0. The lowest BCUT2D eigenvalue weighted by Gasteiger charge is -2.33. The molecule has 0 fully saturated rings. The number of methoxy groups -OCH3 is 1. The molecule has 1 N–H and O–H groups in total. The van der Waals surface area contributed by atoms with E-state index >= 15 is 0 Å². The van der Waals surface area contributed by atoms with E-state index in [9.17, 15) is 31.2 Å². The van der Waals surface area contributed by atoms with E-state index in [1.165, 1.54) is 12.0 Å². The molecule has 2 amide bonds. The SMILES string of the molecule is CCCNC(=O)C(CC)N(Cc1ccc(OC)cc1)C(=O)CN(c1cc(C(F)(F)F)ccc1Cl)S(C)(=O)=O. The minimum atomic E-state index is -4.77. The Morgan fingerprint density at radius 3 is 2.24 bits per heavy atom. The molecule has 1 atom stereocenters. The van der Waals surface area contributed by atoms with E-state index in [0.717, 1.165) is 18.4 Å². The number of sulfonamides is 1. The van der Waals surface area contributed by atoms with Crippen LogP contribution in [0.3, 0.4) is 0 Å². The van der Waals surface area contributed by atoms with Crippen LogP contribution in [-0.2, 0) is 32.3 Å². The summed E-state index contributed by atoms with van der Waals surface area (Å²) in [6.07, 6.45) is -3.14. The van der Waals surface area contributed by atoms with Crippen molar-refractivity contribution in [2.75, 3.05) is 30.8 Å². The second-order valence-electron chi connectivity index (χ2n) is 8.52. The Balaban J connectivity index is 2.52. The second-order valence-corrected chi connectivity index (χ2v) is 10.8. The molecular weight excluding hydrogens is 547 g/mol. The Bertz CT molecular complexity index is 1220. The number of amides is 2. The highest BCUT2D eigenvalue weighted by atomic mass is 35.5. The van der Waals surface area contributed by atoms with E-state index in [-0.39, 0.29) is 18.0 Å². The van der Waals surface area contributed by atoms with Crippen LogP contribution >= 0.6 is 11.6 Å². The van der Waals surface area contributed by atoms with E-state index in [4.69, 9.17) is 16.3 Å². The van der Waals surface area contributed by atoms with Gasteiger partial charge in [0.2, 0.25) is 21.8 Å². The first-order chi connectivity index (χ1) is 17.7. The predicted molar refractivity (Wildman–Crippen MR) is 140 cm³/mol. The zero-order valence-electron chi connectivity index (χ0n) is 21.5. The van der Waals surface area contributed by atoms with Crippen molar-refractivity contribution < 1.29 is 35.9 Å². The van der Waals surface area contributed by atoms with E-state index in [0.29, 0.717) is 34.7 Å². The molecule has 1 unspecified atom stereocenters. The first-order valence-electron chi connectivity index (χ1n) is 11.8. The number of anilines is 1. The quantitative estimate of drug-likeness (QED) is 0.402. The molecule has 38 heavy (non-hydrogen) atoms. The van der Waals surface area contributed by atoms with Gasteiger partial charge in [-0.2, -0.15) is 13.2 Å². The molecule has 2 aromatic carbocycles. The molecule has 8 nitrogen and oxygen atoms in total. The fourth-order valence-electron chi connectivity index (χ4n) is 3.69. The van der Waals surface area contributed by atoms with E-state index in [2.05, 4.69) is 5.32 Å². The molecule has 2 rings (SSSR count). The van der Waals surface area contributed by atoms with Crippen LogP contribution in [0.5, 0.6) is 5.75 Å². The Morgan fingerprint density at radius 1 is 1.11 bits per heavy atom. The number of ether oxygens (including phenoxy) is 1. The highest BCUT2D eigenvalue weighted by molar-refractivity contribution is 7.92. The van der Waals surface area contributed by atoms with E-state index in [1.807, 2.05) is 6.92 Å². The summed E-state index contributed by atoms with van der Waals surface area (Å²) in [6, 6.07) is 7.97. The van der Waals surface area contributed by atoms with Gasteiger partial charge in [0, 0.05) is 13.1 Å². The minimum absolute atomic E-state index is 0.0607. The van der Waals surface area contributed by atoms with Gasteiger partial charge in [0.05, 0.1) is 29.6 Å². The molecule has 13 heteroatoms. The third-order valence-corrected chi connectivity index (χ3v) is 7.11. The van der Waals surface area contributed by atoms with E-state index < -0.39 is 51.9 Å². The lowest BCUT2D eigenvalue weighted by molar-refractivity contribution is -0.140. The van der Waals surface area contributed by atoms with Crippen molar-refractivity contribution in [3.8, 4) is 5.75 Å². The van der Waals surface area contributed by atoms with E-state index in [1.54, 1.807) is 31.2 Å². The Hall–Kier alpha value is -2.99. The molecule has 0 spiro atoms. The van der Waals surface area contributed by atoms with Gasteiger partial charge in [-0.05, 0) is 48.7 Å². The maximum atomic E-state index is 13.6. The molecule has 0 bridgehead atoms. The minimum Gasteiger partial charge on any atom is -0.497 e. The summed E-state index contributed by atoms with van der Waals surface area (Å²) in [6.45, 7) is 3.00. The summed E-state index contributed by atoms with van der Waals surface area (Å²) in [5.41, 5.74) is -0.993. The van der Waals surface area contributed by atoms with Crippen molar-refractivity contribution in [3.63, 3.8) is 0 Å². The van der Waals surface area contributed by atoms with Crippen molar-refractivity contribution in [2.45, 2.75) is 45.5 Å². The topological polar surface area (TPSA) is 96.0 Å². The van der Waals surface area contributed by atoms with Gasteiger partial charge in [0.1, 0.15) is 18.3 Å². The molecule has 0 radical (unpaired) electrons. The Kier molecular flexibility index (Phi) is 10.8. The monoisotopic (exact) mass is 577 g/mol. The van der Waals surface area contributed by atoms with Crippen LogP contribution in [0.4, 0.5) is 18.9 Å². The zero-order valence-corrected chi connectivity index (χ0v) is 23.1. The van der Waals surface area contributed by atoms with Gasteiger partial charge in [-0.15, -0.1) is 0 Å². The Labute approximate surface area is 225 Å². The summed E-state index contributed by atoms with van der Waals surface area (Å²) in [7, 11) is -2.77. The fraction of sp³-hybridized carbons (Fsp3) is 0.440. The molecule has 210 valence electrons. The number of carbonyl (C=O) groups is 2. The fourth-order valence-corrected chi connectivity index (χ4v) is 4.81. The number of rotatable bonds is 12. The number of alkyl halides is 3. The molecule has 0 aromatic heterocycles. The van der Waals surface area contributed by atoms with Crippen molar-refractivity contribution in [1.29, 1.82) is 0 Å². The van der Waals surface area contributed by atoms with Crippen LogP contribution in [0.1, 0.15) is 37.8 Å². The van der Waals surface area contributed by atoms with Gasteiger partial charge >= 0.3 is 6.18 Å². The smallest absolute Gasteiger partial charge is 0.416 e. The van der Waals surface area contributed by atoms with Gasteiger partial charge < -0.3 is 15.0 Å². The number of nitrogens with one attached hydrogen (secondary N) is 1. The third-order valence-electron chi connectivity index (χ3n) is 5.67. The first kappa shape index (κ1) is 31.2. The lowest BCUT2D eigenvalue weighted by atomic mass is 10.1. The summed E-state index contributed by atoms with van der Waals surface area (Å²) in [5, 5.41) is 2.45. The molecule has 0 aliphatic rings. The van der Waals surface area contributed by atoms with Gasteiger partial charge in [-0.1, -0.05) is 37.6 Å². The van der Waals surface area contributed by atoms with Gasteiger partial charge in [-0.25, -0.2) is 8.42 Å². The van der Waals surface area contributed by atoms with Crippen molar-refractivity contribution >= 4 is 39.1 Å². The van der Waals surface area contributed by atoms with Crippen molar-refractivity contribution in [3.05, 3.63) is 58.6 Å². The number of hydrogen-bond acceptors (Lipinski definition) is 5. The molecule has 0 saturated heterocycles. The van der Waals surface area contributed by atoms with Crippen LogP contribution < -0.4 is 14.4 Å². The highest BCUT2D eigenvalue weighted by Gasteiger charge is 2.35. The number of halogens is 4. The number of hydrogen-bond donors (Lipinski definition) is 1. The number of carbonyl (C=O) groups excluding carboxylic acids is 2.